The summed E-state index contributed by atoms with van der Waals surface area (Å²) in [5, 5.41) is 3.41. The Balaban J connectivity index is 2.87. The fourth-order valence-electron chi connectivity index (χ4n) is 1.52. The van der Waals surface area contributed by atoms with Crippen molar-refractivity contribution >= 4 is 0 Å². The average molecular weight is 215 g/mol. The quantitative estimate of drug-likeness (QED) is 0.534. The highest BCUT2D eigenvalue weighted by Gasteiger charge is 1.93. The van der Waals surface area contributed by atoms with E-state index in [1.807, 2.05) is 0 Å². The van der Waals surface area contributed by atoms with Gasteiger partial charge >= 0.3 is 0 Å². The fourth-order valence-corrected chi connectivity index (χ4v) is 1.52. The minimum Gasteiger partial charge on any atom is -0.377 e. The molecule has 0 bridgehead atoms. The predicted molar refractivity (Wildman–Crippen MR) is 67.3 cm³/mol. The lowest BCUT2D eigenvalue weighted by molar-refractivity contribution is 0.0809. The van der Waals surface area contributed by atoms with Gasteiger partial charge in [0.2, 0.25) is 0 Å². The van der Waals surface area contributed by atoms with E-state index in [0.717, 1.165) is 19.7 Å². The third-order valence-electron chi connectivity index (χ3n) is 2.44. The summed E-state index contributed by atoms with van der Waals surface area (Å²) in [6, 6.07) is 0. The van der Waals surface area contributed by atoms with E-state index in [0.29, 0.717) is 6.10 Å². The molecule has 2 heteroatoms. The molecular weight excluding hydrogens is 186 g/mol. The van der Waals surface area contributed by atoms with Crippen LogP contribution >= 0.6 is 0 Å². The number of ether oxygens (including phenoxy) is 1. The molecule has 0 radical (unpaired) electrons. The third-order valence-corrected chi connectivity index (χ3v) is 2.44. The first-order valence-corrected chi connectivity index (χ1v) is 6.59. The molecule has 0 unspecified atom stereocenters. The van der Waals surface area contributed by atoms with Crippen LogP contribution in [0.5, 0.6) is 0 Å². The van der Waals surface area contributed by atoms with Gasteiger partial charge in [0.05, 0.1) is 12.7 Å². The minimum absolute atomic E-state index is 0.362. The molecule has 1 N–H and O–H groups in total. The third kappa shape index (κ3) is 13.9. The van der Waals surface area contributed by atoms with Crippen molar-refractivity contribution in [2.75, 3.05) is 19.7 Å². The molecule has 0 amide bonds. The standard InChI is InChI=1S/C13H29NO/c1-4-5-6-7-8-9-10-14-11-12-15-13(2)3/h13-14H,4-12H2,1-3H3. The molecule has 0 aliphatic rings. The Morgan fingerprint density at radius 3 is 2.27 bits per heavy atom. The first-order chi connectivity index (χ1) is 7.27. The number of hydrogen-bond donors (Lipinski definition) is 1. The molecule has 0 aliphatic heterocycles. The number of unbranched alkanes of at least 4 members (excludes halogenated alkanes) is 5. The second-order valence-corrected chi connectivity index (χ2v) is 4.44. The van der Waals surface area contributed by atoms with Crippen molar-refractivity contribution in [1.82, 2.24) is 5.32 Å². The van der Waals surface area contributed by atoms with Gasteiger partial charge < -0.3 is 10.1 Å². The molecule has 0 saturated carbocycles. The molecular formula is C13H29NO. The van der Waals surface area contributed by atoms with Gasteiger partial charge in [-0.25, -0.2) is 0 Å². The Morgan fingerprint density at radius 1 is 0.933 bits per heavy atom. The van der Waals surface area contributed by atoms with Crippen molar-refractivity contribution in [3.63, 3.8) is 0 Å². The molecule has 0 fully saturated rings. The van der Waals surface area contributed by atoms with Crippen molar-refractivity contribution < 1.29 is 4.74 Å². The van der Waals surface area contributed by atoms with E-state index in [2.05, 4.69) is 26.1 Å². The van der Waals surface area contributed by atoms with Crippen LogP contribution < -0.4 is 5.32 Å². The first-order valence-electron chi connectivity index (χ1n) is 6.59. The summed E-state index contributed by atoms with van der Waals surface area (Å²) in [5.74, 6) is 0. The number of rotatable bonds is 11. The van der Waals surface area contributed by atoms with Crippen LogP contribution in [0.4, 0.5) is 0 Å². The van der Waals surface area contributed by atoms with Crippen molar-refractivity contribution in [3.8, 4) is 0 Å². The lowest BCUT2D eigenvalue weighted by Gasteiger charge is -2.08. The van der Waals surface area contributed by atoms with Gasteiger partial charge in [-0.15, -0.1) is 0 Å². The monoisotopic (exact) mass is 215 g/mol. The SMILES string of the molecule is CCCCCCCCNCCOC(C)C. The zero-order chi connectivity index (χ0) is 11.4. The van der Waals surface area contributed by atoms with Gasteiger partial charge in [0.15, 0.2) is 0 Å². The maximum Gasteiger partial charge on any atom is 0.0594 e. The van der Waals surface area contributed by atoms with Crippen molar-refractivity contribution in [2.45, 2.75) is 65.4 Å². The molecule has 0 saturated heterocycles. The lowest BCUT2D eigenvalue weighted by atomic mass is 10.1. The zero-order valence-corrected chi connectivity index (χ0v) is 10.8. The molecule has 0 aliphatic carbocycles. The summed E-state index contributed by atoms with van der Waals surface area (Å²) in [7, 11) is 0. The molecule has 0 aromatic rings. The van der Waals surface area contributed by atoms with E-state index in [1.165, 1.54) is 38.5 Å². The second-order valence-electron chi connectivity index (χ2n) is 4.44. The Morgan fingerprint density at radius 2 is 1.60 bits per heavy atom. The van der Waals surface area contributed by atoms with Gasteiger partial charge in [0.1, 0.15) is 0 Å². The normalized spacial score (nSPS) is 11.2. The van der Waals surface area contributed by atoms with E-state index < -0.39 is 0 Å². The molecule has 0 spiro atoms. The van der Waals surface area contributed by atoms with Crippen LogP contribution in [0.15, 0.2) is 0 Å². The van der Waals surface area contributed by atoms with Crippen LogP contribution in [0.25, 0.3) is 0 Å². The summed E-state index contributed by atoms with van der Waals surface area (Å²) in [5.41, 5.74) is 0. The topological polar surface area (TPSA) is 21.3 Å². The van der Waals surface area contributed by atoms with Crippen LogP contribution in [0, 0.1) is 0 Å². The largest absolute Gasteiger partial charge is 0.377 e. The summed E-state index contributed by atoms with van der Waals surface area (Å²) >= 11 is 0. The molecule has 15 heavy (non-hydrogen) atoms. The second kappa shape index (κ2) is 12.0. The molecule has 0 atom stereocenters. The van der Waals surface area contributed by atoms with Crippen molar-refractivity contribution in [3.05, 3.63) is 0 Å². The van der Waals surface area contributed by atoms with Crippen LogP contribution in [-0.2, 0) is 4.74 Å². The Kier molecular flexibility index (Phi) is 11.9. The van der Waals surface area contributed by atoms with Crippen molar-refractivity contribution in [2.24, 2.45) is 0 Å². The van der Waals surface area contributed by atoms with E-state index in [-0.39, 0.29) is 0 Å². The Bertz CT molecular complexity index is 115. The summed E-state index contributed by atoms with van der Waals surface area (Å²) in [4.78, 5) is 0. The first kappa shape index (κ1) is 14.9. The fraction of sp³-hybridized carbons (Fsp3) is 1.00. The maximum absolute atomic E-state index is 5.44. The van der Waals surface area contributed by atoms with Gasteiger partial charge in [-0.2, -0.15) is 0 Å². The molecule has 2 nitrogen and oxygen atoms in total. The van der Waals surface area contributed by atoms with Gasteiger partial charge in [0.25, 0.3) is 0 Å². The smallest absolute Gasteiger partial charge is 0.0594 e. The van der Waals surface area contributed by atoms with Crippen LogP contribution in [0.2, 0.25) is 0 Å². The Labute approximate surface area is 95.8 Å². The van der Waals surface area contributed by atoms with Crippen LogP contribution in [-0.4, -0.2) is 25.8 Å². The highest BCUT2D eigenvalue weighted by atomic mass is 16.5. The van der Waals surface area contributed by atoms with Gasteiger partial charge in [0, 0.05) is 6.54 Å². The maximum atomic E-state index is 5.44. The summed E-state index contributed by atoms with van der Waals surface area (Å²) < 4.78 is 5.44. The Hall–Kier alpha value is -0.0800. The molecule has 0 aromatic heterocycles. The zero-order valence-electron chi connectivity index (χ0n) is 10.8. The van der Waals surface area contributed by atoms with Gasteiger partial charge in [-0.05, 0) is 26.8 Å². The number of nitrogens with one attached hydrogen (secondary N) is 1. The molecule has 0 rings (SSSR count). The van der Waals surface area contributed by atoms with Crippen molar-refractivity contribution in [1.29, 1.82) is 0 Å². The minimum atomic E-state index is 0.362. The van der Waals surface area contributed by atoms with E-state index in [4.69, 9.17) is 4.74 Å². The average Bonchev–Trinajstić information content (AvgIpc) is 2.20. The highest BCUT2D eigenvalue weighted by molar-refractivity contribution is 4.49. The summed E-state index contributed by atoms with van der Waals surface area (Å²) in [6.45, 7) is 9.39. The predicted octanol–water partition coefficient (Wildman–Crippen LogP) is 3.36. The van der Waals surface area contributed by atoms with Crippen LogP contribution in [0.1, 0.15) is 59.3 Å². The molecule has 0 heterocycles. The van der Waals surface area contributed by atoms with E-state index >= 15 is 0 Å². The van der Waals surface area contributed by atoms with Gasteiger partial charge in [-0.3, -0.25) is 0 Å². The van der Waals surface area contributed by atoms with E-state index in [9.17, 15) is 0 Å². The highest BCUT2D eigenvalue weighted by Crippen LogP contribution is 2.03. The van der Waals surface area contributed by atoms with Gasteiger partial charge in [-0.1, -0.05) is 39.0 Å². The summed E-state index contributed by atoms with van der Waals surface area (Å²) in [6.07, 6.45) is 8.59. The molecule has 92 valence electrons. The van der Waals surface area contributed by atoms with Crippen LogP contribution in [0.3, 0.4) is 0 Å². The van der Waals surface area contributed by atoms with E-state index in [1.54, 1.807) is 0 Å². The lowest BCUT2D eigenvalue weighted by Crippen LogP contribution is -2.22. The number of hydrogen-bond acceptors (Lipinski definition) is 2. The molecule has 0 aromatic carbocycles.